The van der Waals surface area contributed by atoms with Crippen molar-refractivity contribution >= 4 is 50.8 Å². The molecule has 20 nitrogen and oxygen atoms in total. The Morgan fingerprint density at radius 1 is 0.906 bits per heavy atom. The number of sulfone groups is 1. The van der Waals surface area contributed by atoms with Gasteiger partial charge in [0.2, 0.25) is 17.8 Å². The van der Waals surface area contributed by atoms with Gasteiger partial charge in [-0.2, -0.15) is 0 Å². The molecule has 1 saturated heterocycles. The minimum atomic E-state index is -3.53. The number of fused-ring (bicyclic) bond motifs is 1. The molecule has 1 unspecified atom stereocenters. The van der Waals surface area contributed by atoms with Gasteiger partial charge < -0.3 is 29.4 Å². The van der Waals surface area contributed by atoms with Crippen LogP contribution in [-0.4, -0.2) is 129 Å². The maximum Gasteiger partial charge on any atom is 0.264 e. The molecule has 64 heavy (non-hydrogen) atoms. The number of carbonyl (C=O) groups excluding carboxylic acids is 4. The lowest BCUT2D eigenvalue weighted by Crippen LogP contribution is -2.54. The van der Waals surface area contributed by atoms with E-state index in [0.717, 1.165) is 22.1 Å². The summed E-state index contributed by atoms with van der Waals surface area (Å²) in [5, 5.41) is 16.8. The van der Waals surface area contributed by atoms with Gasteiger partial charge in [0.05, 0.1) is 91.2 Å². The molecular weight excluding hydrogens is 847 g/mol. The van der Waals surface area contributed by atoms with Gasteiger partial charge in [0, 0.05) is 42.8 Å². The van der Waals surface area contributed by atoms with E-state index in [0.29, 0.717) is 88.6 Å². The number of imidazole rings is 1. The van der Waals surface area contributed by atoms with Crippen molar-refractivity contribution in [3.8, 4) is 11.4 Å². The van der Waals surface area contributed by atoms with Crippen LogP contribution in [0.1, 0.15) is 71.4 Å². The van der Waals surface area contributed by atoms with Crippen molar-refractivity contribution in [1.29, 1.82) is 0 Å². The van der Waals surface area contributed by atoms with Crippen LogP contribution in [0.5, 0.6) is 0 Å². The largest absolute Gasteiger partial charge is 0.382 e. The van der Waals surface area contributed by atoms with Crippen LogP contribution in [0.15, 0.2) is 72.0 Å². The standard InChI is InChI=1S/C43H51N11O9S/c1-28(2)53-29(3)46-26-37(53)34-15-16-45-43(48-34)47-30-9-11-32(12-10-30)64(59,60)25-5-6-31-27-52(51-50-31)18-20-62-22-24-63-23-21-61-19-17-44-35-8-4-7-33-39(35)42(58)54(41(33)57)36-13-14-38(55)49-40(36)56/h4,7-12,15-16,26-28,36,44H,5-6,13-14,17-25H2,1-3H3,(H,45,47,48)(H,49,55,56). The van der Waals surface area contributed by atoms with Gasteiger partial charge in [-0.05, 0) is 82.5 Å². The van der Waals surface area contributed by atoms with Crippen molar-refractivity contribution in [3.05, 3.63) is 89.8 Å². The fourth-order valence-electron chi connectivity index (χ4n) is 7.47. The Labute approximate surface area is 370 Å². The van der Waals surface area contributed by atoms with Crippen molar-refractivity contribution in [2.45, 2.75) is 70.0 Å². The van der Waals surface area contributed by atoms with Crippen LogP contribution in [0.25, 0.3) is 11.4 Å². The highest BCUT2D eigenvalue weighted by Crippen LogP contribution is 2.32. The summed E-state index contributed by atoms with van der Waals surface area (Å²) in [6.45, 7) is 9.07. The zero-order valence-electron chi connectivity index (χ0n) is 35.9. The number of imide groups is 2. The molecule has 0 saturated carbocycles. The Hall–Kier alpha value is -6.42. The van der Waals surface area contributed by atoms with Gasteiger partial charge in [0.15, 0.2) is 9.84 Å². The van der Waals surface area contributed by atoms with E-state index < -0.39 is 39.5 Å². The first-order valence-electron chi connectivity index (χ1n) is 21.1. The Bertz CT molecular complexity index is 2580. The Kier molecular flexibility index (Phi) is 14.8. The first-order chi connectivity index (χ1) is 30.9. The summed E-state index contributed by atoms with van der Waals surface area (Å²) in [5.41, 5.74) is 3.82. The predicted molar refractivity (Wildman–Crippen MR) is 233 cm³/mol. The molecule has 0 spiro atoms. The van der Waals surface area contributed by atoms with E-state index in [4.69, 9.17) is 14.2 Å². The van der Waals surface area contributed by atoms with Gasteiger partial charge >= 0.3 is 0 Å². The molecule has 0 bridgehead atoms. The van der Waals surface area contributed by atoms with Crippen molar-refractivity contribution in [3.63, 3.8) is 0 Å². The Morgan fingerprint density at radius 2 is 1.66 bits per heavy atom. The molecule has 2 aromatic carbocycles. The molecule has 3 N–H and O–H groups in total. The lowest BCUT2D eigenvalue weighted by Gasteiger charge is -2.27. The molecule has 338 valence electrons. The predicted octanol–water partition coefficient (Wildman–Crippen LogP) is 3.53. The summed E-state index contributed by atoms with van der Waals surface area (Å²) >= 11 is 0. The number of amides is 4. The van der Waals surface area contributed by atoms with E-state index in [2.05, 4.69) is 59.6 Å². The zero-order chi connectivity index (χ0) is 45.2. The second kappa shape index (κ2) is 20.8. The molecule has 0 aliphatic carbocycles. The summed E-state index contributed by atoms with van der Waals surface area (Å²) < 4.78 is 46.8. The minimum Gasteiger partial charge on any atom is -0.382 e. The SMILES string of the molecule is Cc1ncc(-c2ccnc(Nc3ccc(S(=O)(=O)CCCc4cn(CCOCCOCCOCCNc5cccc6c5C(=O)N(C5CCC(=O)NC5=O)C6=O)nn4)cc3)n2)n1C(C)C. The van der Waals surface area contributed by atoms with E-state index in [1.54, 1.807) is 65.7 Å². The number of aromatic nitrogens is 7. The van der Waals surface area contributed by atoms with Crippen molar-refractivity contribution < 1.29 is 41.8 Å². The number of carbonyl (C=O) groups is 4. The summed E-state index contributed by atoms with van der Waals surface area (Å²) in [5.74, 6) is -0.977. The molecule has 1 atom stereocenters. The van der Waals surface area contributed by atoms with Gasteiger partial charge in [0.1, 0.15) is 11.9 Å². The first kappa shape index (κ1) is 45.6. The summed E-state index contributed by atoms with van der Waals surface area (Å²) in [7, 11) is -3.53. The van der Waals surface area contributed by atoms with Gasteiger partial charge in [-0.15, -0.1) is 5.10 Å². The van der Waals surface area contributed by atoms with E-state index in [-0.39, 0.29) is 40.7 Å². The van der Waals surface area contributed by atoms with E-state index in [1.807, 2.05) is 13.0 Å². The number of piperidine rings is 1. The molecule has 7 rings (SSSR count). The smallest absolute Gasteiger partial charge is 0.264 e. The molecule has 1 fully saturated rings. The summed E-state index contributed by atoms with van der Waals surface area (Å²) in [6, 6.07) is 12.4. The maximum absolute atomic E-state index is 13.2. The number of rotatable bonds is 23. The number of hydrogen-bond acceptors (Lipinski definition) is 16. The van der Waals surface area contributed by atoms with Crippen LogP contribution in [-0.2, 0) is 46.6 Å². The van der Waals surface area contributed by atoms with Crippen LogP contribution < -0.4 is 16.0 Å². The van der Waals surface area contributed by atoms with Crippen molar-refractivity contribution in [2.24, 2.45) is 0 Å². The monoisotopic (exact) mass is 897 g/mol. The normalized spacial score (nSPS) is 15.2. The van der Waals surface area contributed by atoms with Gasteiger partial charge in [-0.25, -0.2) is 28.1 Å². The van der Waals surface area contributed by atoms with Gasteiger partial charge in [0.25, 0.3) is 11.8 Å². The number of benzene rings is 2. The molecule has 2 aliphatic rings. The number of hydrogen-bond donors (Lipinski definition) is 3. The van der Waals surface area contributed by atoms with E-state index in [1.165, 1.54) is 0 Å². The highest BCUT2D eigenvalue weighted by Gasteiger charge is 2.45. The van der Waals surface area contributed by atoms with Gasteiger partial charge in [-0.3, -0.25) is 29.4 Å². The second-order valence-electron chi connectivity index (χ2n) is 15.4. The first-order valence-corrected chi connectivity index (χ1v) is 22.7. The third-order valence-electron chi connectivity index (χ3n) is 10.6. The highest BCUT2D eigenvalue weighted by atomic mass is 32.2. The van der Waals surface area contributed by atoms with Crippen molar-refractivity contribution in [1.82, 2.24) is 44.7 Å². The number of anilines is 3. The topological polar surface area (TPSA) is 244 Å². The average Bonchev–Trinajstić information content (AvgIpc) is 3.97. The van der Waals surface area contributed by atoms with Crippen LogP contribution in [0.2, 0.25) is 0 Å². The Balaban J connectivity index is 0.733. The molecule has 5 heterocycles. The Morgan fingerprint density at radius 3 is 2.41 bits per heavy atom. The highest BCUT2D eigenvalue weighted by molar-refractivity contribution is 7.91. The van der Waals surface area contributed by atoms with E-state index in [9.17, 15) is 27.6 Å². The number of ether oxygens (including phenoxy) is 3. The molecule has 4 amide bonds. The lowest BCUT2D eigenvalue weighted by molar-refractivity contribution is -0.136. The second-order valence-corrected chi connectivity index (χ2v) is 17.5. The quantitative estimate of drug-likeness (QED) is 0.0627. The number of aryl methyl sites for hydroxylation is 2. The summed E-state index contributed by atoms with van der Waals surface area (Å²) in [6.07, 6.45) is 6.23. The minimum absolute atomic E-state index is 0.0406. The number of nitrogens with one attached hydrogen (secondary N) is 3. The molecule has 0 radical (unpaired) electrons. The lowest BCUT2D eigenvalue weighted by atomic mass is 10.0. The van der Waals surface area contributed by atoms with Crippen LogP contribution in [0.3, 0.4) is 0 Å². The maximum atomic E-state index is 13.2. The van der Waals surface area contributed by atoms with Crippen LogP contribution in [0, 0.1) is 6.92 Å². The zero-order valence-corrected chi connectivity index (χ0v) is 36.7. The average molecular weight is 898 g/mol. The molecule has 5 aromatic rings. The fourth-order valence-corrected chi connectivity index (χ4v) is 8.79. The molecule has 2 aliphatic heterocycles. The molecule has 21 heteroatoms. The van der Waals surface area contributed by atoms with Crippen LogP contribution >= 0.6 is 0 Å². The van der Waals surface area contributed by atoms with E-state index >= 15 is 0 Å². The molecular formula is C43H51N11O9S. The number of nitrogens with zero attached hydrogens (tertiary/aromatic N) is 8. The summed E-state index contributed by atoms with van der Waals surface area (Å²) in [4.78, 5) is 64.7. The van der Waals surface area contributed by atoms with Crippen LogP contribution in [0.4, 0.5) is 17.3 Å². The van der Waals surface area contributed by atoms with Gasteiger partial charge in [-0.1, -0.05) is 11.3 Å². The fraction of sp³-hybridized carbons (Fsp3) is 0.419. The van der Waals surface area contributed by atoms with Crippen molar-refractivity contribution in [2.75, 3.05) is 62.6 Å². The third-order valence-corrected chi connectivity index (χ3v) is 12.4. The molecule has 3 aromatic heterocycles. The third kappa shape index (κ3) is 11.0.